The van der Waals surface area contributed by atoms with Crippen LogP contribution in [0.5, 0.6) is 5.75 Å². The number of hydrogen-bond acceptors (Lipinski definition) is 2. The summed E-state index contributed by atoms with van der Waals surface area (Å²) in [7, 11) is -2.67. The summed E-state index contributed by atoms with van der Waals surface area (Å²) < 4.78 is 30.2. The molecule has 0 heterocycles. The van der Waals surface area contributed by atoms with Crippen molar-refractivity contribution < 1.29 is 13.5 Å². The van der Waals surface area contributed by atoms with Gasteiger partial charge in [-0.3, -0.25) is 4.57 Å². The molecule has 0 fully saturated rings. The quantitative estimate of drug-likeness (QED) is 0.720. The molecule has 0 aliphatic heterocycles. The maximum Gasteiger partial charge on any atom is 0.247 e. The van der Waals surface area contributed by atoms with Crippen LogP contribution in [0.4, 0.5) is 4.39 Å². The standard InChI is InChI=1S/C10H14FO2P/c1-3-14(12,4-2)13-10-8-6-5-7-9(10)11/h5-8H,3-4H2,1-2H3. The van der Waals surface area contributed by atoms with Crippen LogP contribution in [0.2, 0.25) is 0 Å². The van der Waals surface area contributed by atoms with E-state index in [1.807, 2.05) is 0 Å². The Morgan fingerprint density at radius 2 is 1.86 bits per heavy atom. The Morgan fingerprint density at radius 1 is 1.29 bits per heavy atom. The van der Waals surface area contributed by atoms with Gasteiger partial charge in [-0.1, -0.05) is 26.0 Å². The van der Waals surface area contributed by atoms with E-state index in [1.165, 1.54) is 12.1 Å². The van der Waals surface area contributed by atoms with Crippen molar-refractivity contribution in [3.8, 4) is 5.75 Å². The summed E-state index contributed by atoms with van der Waals surface area (Å²) in [5.41, 5.74) is 0. The molecule has 0 spiro atoms. The molecule has 0 aliphatic carbocycles. The smallest absolute Gasteiger partial charge is 0.247 e. The van der Waals surface area contributed by atoms with Gasteiger partial charge in [-0.05, 0) is 12.1 Å². The van der Waals surface area contributed by atoms with Gasteiger partial charge >= 0.3 is 0 Å². The van der Waals surface area contributed by atoms with Gasteiger partial charge in [0.05, 0.1) is 0 Å². The number of para-hydroxylation sites is 1. The molecule has 0 bridgehead atoms. The van der Waals surface area contributed by atoms with E-state index in [2.05, 4.69) is 0 Å². The van der Waals surface area contributed by atoms with Gasteiger partial charge in [-0.2, -0.15) is 0 Å². The Balaban J connectivity index is 2.88. The summed E-state index contributed by atoms with van der Waals surface area (Å²) in [4.78, 5) is 0. The van der Waals surface area contributed by atoms with Crippen LogP contribution in [-0.2, 0) is 4.57 Å². The number of benzene rings is 1. The predicted octanol–water partition coefficient (Wildman–Crippen LogP) is 3.52. The lowest BCUT2D eigenvalue weighted by Crippen LogP contribution is -1.99. The minimum Gasteiger partial charge on any atom is -0.440 e. The Bertz CT molecular complexity index is 344. The highest BCUT2D eigenvalue weighted by molar-refractivity contribution is 7.59. The minimum absolute atomic E-state index is 0.0829. The normalized spacial score (nSPS) is 11.4. The number of halogens is 1. The first-order valence-corrected chi connectivity index (χ1v) is 6.63. The first kappa shape index (κ1) is 11.3. The molecule has 1 rings (SSSR count). The van der Waals surface area contributed by atoms with Gasteiger partial charge in [-0.15, -0.1) is 0 Å². The number of hydrogen-bond donors (Lipinski definition) is 0. The molecule has 0 saturated heterocycles. The third-order valence-corrected chi connectivity index (χ3v) is 4.52. The molecule has 4 heteroatoms. The van der Waals surface area contributed by atoms with Crippen molar-refractivity contribution >= 4 is 7.37 Å². The number of rotatable bonds is 4. The molecule has 0 amide bonds. The molecule has 0 radical (unpaired) electrons. The van der Waals surface area contributed by atoms with E-state index in [4.69, 9.17) is 4.52 Å². The largest absolute Gasteiger partial charge is 0.440 e. The van der Waals surface area contributed by atoms with E-state index < -0.39 is 13.2 Å². The second-order valence-corrected chi connectivity index (χ2v) is 6.05. The maximum atomic E-state index is 13.1. The van der Waals surface area contributed by atoms with E-state index >= 15 is 0 Å². The average molecular weight is 216 g/mol. The first-order chi connectivity index (χ1) is 6.61. The second kappa shape index (κ2) is 4.61. The third-order valence-electron chi connectivity index (χ3n) is 2.06. The molecule has 0 N–H and O–H groups in total. The zero-order valence-electron chi connectivity index (χ0n) is 8.37. The van der Waals surface area contributed by atoms with Crippen LogP contribution < -0.4 is 4.52 Å². The molecular formula is C10H14FO2P. The molecular weight excluding hydrogens is 202 g/mol. The van der Waals surface area contributed by atoms with Gasteiger partial charge in [0.25, 0.3) is 0 Å². The Morgan fingerprint density at radius 3 is 2.36 bits per heavy atom. The molecule has 0 aliphatic rings. The van der Waals surface area contributed by atoms with Crippen LogP contribution in [0.1, 0.15) is 13.8 Å². The van der Waals surface area contributed by atoms with E-state index in [1.54, 1.807) is 26.0 Å². The maximum absolute atomic E-state index is 13.1. The van der Waals surface area contributed by atoms with Gasteiger partial charge in [0.15, 0.2) is 11.6 Å². The van der Waals surface area contributed by atoms with Crippen LogP contribution >= 0.6 is 7.37 Å². The lowest BCUT2D eigenvalue weighted by atomic mass is 10.3. The summed E-state index contributed by atoms with van der Waals surface area (Å²) in [5.74, 6) is -0.380. The summed E-state index contributed by atoms with van der Waals surface area (Å²) in [5, 5.41) is 0. The fourth-order valence-electron chi connectivity index (χ4n) is 1.05. The Kier molecular flexibility index (Phi) is 3.70. The minimum atomic E-state index is -2.67. The van der Waals surface area contributed by atoms with E-state index in [0.717, 1.165) is 0 Å². The summed E-state index contributed by atoms with van der Waals surface area (Å²) >= 11 is 0. The van der Waals surface area contributed by atoms with Gasteiger partial charge in [-0.25, -0.2) is 4.39 Å². The van der Waals surface area contributed by atoms with Gasteiger partial charge < -0.3 is 4.52 Å². The van der Waals surface area contributed by atoms with Crippen molar-refractivity contribution in [1.82, 2.24) is 0 Å². The molecule has 0 saturated carbocycles. The van der Waals surface area contributed by atoms with E-state index in [9.17, 15) is 8.96 Å². The highest BCUT2D eigenvalue weighted by atomic mass is 31.2. The molecule has 1 aromatic carbocycles. The lowest BCUT2D eigenvalue weighted by molar-refractivity contribution is 0.460. The van der Waals surface area contributed by atoms with Crippen molar-refractivity contribution in [3.05, 3.63) is 30.1 Å². The summed E-state index contributed by atoms with van der Waals surface area (Å²) in [6.07, 6.45) is 0.857. The van der Waals surface area contributed by atoms with Gasteiger partial charge in [0.2, 0.25) is 7.37 Å². The summed E-state index contributed by atoms with van der Waals surface area (Å²) in [6.45, 7) is 3.57. The Labute approximate surface area is 83.5 Å². The zero-order chi connectivity index (χ0) is 10.6. The topological polar surface area (TPSA) is 26.3 Å². The van der Waals surface area contributed by atoms with Crippen LogP contribution in [-0.4, -0.2) is 12.3 Å². The van der Waals surface area contributed by atoms with E-state index in [-0.39, 0.29) is 5.75 Å². The van der Waals surface area contributed by atoms with Crippen LogP contribution in [0.15, 0.2) is 24.3 Å². The second-order valence-electron chi connectivity index (χ2n) is 2.97. The predicted molar refractivity (Wildman–Crippen MR) is 55.7 cm³/mol. The highest BCUT2D eigenvalue weighted by Crippen LogP contribution is 2.46. The highest BCUT2D eigenvalue weighted by Gasteiger charge is 2.20. The van der Waals surface area contributed by atoms with Crippen LogP contribution in [0.25, 0.3) is 0 Å². The van der Waals surface area contributed by atoms with Crippen molar-refractivity contribution in [2.45, 2.75) is 13.8 Å². The molecule has 0 atom stereocenters. The average Bonchev–Trinajstić information content (AvgIpc) is 2.21. The Hall–Kier alpha value is -0.820. The van der Waals surface area contributed by atoms with Crippen molar-refractivity contribution in [3.63, 3.8) is 0 Å². The molecule has 0 unspecified atom stereocenters. The van der Waals surface area contributed by atoms with Gasteiger partial charge in [0, 0.05) is 12.3 Å². The molecule has 14 heavy (non-hydrogen) atoms. The van der Waals surface area contributed by atoms with Crippen LogP contribution in [0, 0.1) is 5.82 Å². The van der Waals surface area contributed by atoms with Crippen molar-refractivity contribution in [2.24, 2.45) is 0 Å². The fourth-order valence-corrected chi connectivity index (χ4v) is 2.26. The van der Waals surface area contributed by atoms with E-state index in [0.29, 0.717) is 12.3 Å². The fraction of sp³-hybridized carbons (Fsp3) is 0.400. The van der Waals surface area contributed by atoms with Crippen molar-refractivity contribution in [2.75, 3.05) is 12.3 Å². The summed E-state index contributed by atoms with van der Waals surface area (Å²) in [6, 6.07) is 6.03. The SMILES string of the molecule is CCP(=O)(CC)Oc1ccccc1F. The monoisotopic (exact) mass is 216 g/mol. The third kappa shape index (κ3) is 2.58. The van der Waals surface area contributed by atoms with Crippen molar-refractivity contribution in [1.29, 1.82) is 0 Å². The molecule has 78 valence electrons. The molecule has 2 nitrogen and oxygen atoms in total. The van der Waals surface area contributed by atoms with Crippen LogP contribution in [0.3, 0.4) is 0 Å². The first-order valence-electron chi connectivity index (χ1n) is 4.63. The zero-order valence-corrected chi connectivity index (χ0v) is 9.26. The molecule has 0 aromatic heterocycles. The lowest BCUT2D eigenvalue weighted by Gasteiger charge is -2.16. The van der Waals surface area contributed by atoms with Gasteiger partial charge in [0.1, 0.15) is 0 Å². The molecule has 1 aromatic rings.